The van der Waals surface area contributed by atoms with E-state index in [1.165, 1.54) is 24.3 Å². The van der Waals surface area contributed by atoms with Gasteiger partial charge in [0.15, 0.2) is 0 Å². The number of H-pyrrole nitrogens is 1. The lowest BCUT2D eigenvalue weighted by Crippen LogP contribution is -2.24. The SMILES string of the molecule is NC(=O)OCCCCCNC(=O)c1ccc(S(=O)(=O)Nc2cccc3c(Cl)c[nH]c23)cc1. The largest absolute Gasteiger partial charge is 0.450 e. The molecule has 3 aromatic rings. The number of aromatic nitrogens is 1. The molecule has 0 unspecified atom stereocenters. The summed E-state index contributed by atoms with van der Waals surface area (Å²) < 4.78 is 32.7. The van der Waals surface area contributed by atoms with E-state index < -0.39 is 16.1 Å². The number of carbonyl (C=O) groups is 2. The van der Waals surface area contributed by atoms with Gasteiger partial charge >= 0.3 is 6.09 Å². The third-order valence-corrected chi connectivity index (χ3v) is 6.38. The van der Waals surface area contributed by atoms with Crippen LogP contribution >= 0.6 is 11.6 Å². The molecular weight excluding hydrogens is 456 g/mol. The number of sulfonamides is 1. The molecule has 0 spiro atoms. The number of hydrogen-bond donors (Lipinski definition) is 4. The van der Waals surface area contributed by atoms with Crippen molar-refractivity contribution in [1.82, 2.24) is 10.3 Å². The molecular formula is C21H23ClN4O5S. The molecule has 0 bridgehead atoms. The molecule has 0 radical (unpaired) electrons. The third-order valence-electron chi connectivity index (χ3n) is 4.69. The number of halogens is 1. The van der Waals surface area contributed by atoms with E-state index in [1.54, 1.807) is 24.4 Å². The summed E-state index contributed by atoms with van der Waals surface area (Å²) in [7, 11) is -3.86. The Bertz CT molecular complexity index is 1210. The highest BCUT2D eigenvalue weighted by Crippen LogP contribution is 2.29. The zero-order valence-electron chi connectivity index (χ0n) is 17.1. The minimum atomic E-state index is -3.86. The summed E-state index contributed by atoms with van der Waals surface area (Å²) in [4.78, 5) is 25.7. The van der Waals surface area contributed by atoms with Gasteiger partial charge < -0.3 is 20.8 Å². The minimum absolute atomic E-state index is 0.0261. The number of unbranched alkanes of at least 4 members (excludes halogenated alkanes) is 2. The van der Waals surface area contributed by atoms with E-state index in [4.69, 9.17) is 17.3 Å². The van der Waals surface area contributed by atoms with Gasteiger partial charge in [0, 0.05) is 23.7 Å². The molecule has 0 aliphatic heterocycles. The van der Waals surface area contributed by atoms with Crippen LogP contribution in [0.4, 0.5) is 10.5 Å². The minimum Gasteiger partial charge on any atom is -0.450 e. The Kier molecular flexibility index (Phi) is 7.60. The van der Waals surface area contributed by atoms with E-state index in [9.17, 15) is 18.0 Å². The van der Waals surface area contributed by atoms with Crippen molar-refractivity contribution in [2.24, 2.45) is 5.73 Å². The van der Waals surface area contributed by atoms with Crippen LogP contribution in [0.1, 0.15) is 29.6 Å². The molecule has 0 aliphatic rings. The van der Waals surface area contributed by atoms with Crippen molar-refractivity contribution >= 4 is 50.2 Å². The van der Waals surface area contributed by atoms with Crippen molar-refractivity contribution < 1.29 is 22.7 Å². The van der Waals surface area contributed by atoms with Crippen molar-refractivity contribution in [3.05, 3.63) is 59.2 Å². The first-order valence-corrected chi connectivity index (χ1v) is 11.7. The molecule has 3 rings (SSSR count). The molecule has 32 heavy (non-hydrogen) atoms. The van der Waals surface area contributed by atoms with E-state index in [0.717, 1.165) is 6.42 Å². The van der Waals surface area contributed by atoms with Gasteiger partial charge in [0.25, 0.3) is 15.9 Å². The second-order valence-corrected chi connectivity index (χ2v) is 9.07. The highest BCUT2D eigenvalue weighted by atomic mass is 35.5. The first kappa shape index (κ1) is 23.4. The molecule has 0 fully saturated rings. The Hall–Kier alpha value is -3.24. The monoisotopic (exact) mass is 478 g/mol. The van der Waals surface area contributed by atoms with Gasteiger partial charge in [0.2, 0.25) is 0 Å². The third kappa shape index (κ3) is 5.92. The molecule has 11 heteroatoms. The molecule has 9 nitrogen and oxygen atoms in total. The molecule has 0 aliphatic carbocycles. The second-order valence-electron chi connectivity index (χ2n) is 6.98. The van der Waals surface area contributed by atoms with Gasteiger partial charge in [-0.05, 0) is 49.6 Å². The second kappa shape index (κ2) is 10.4. The van der Waals surface area contributed by atoms with E-state index in [1.807, 2.05) is 0 Å². The number of anilines is 1. The maximum Gasteiger partial charge on any atom is 0.404 e. The topological polar surface area (TPSA) is 143 Å². The number of nitrogens with one attached hydrogen (secondary N) is 3. The van der Waals surface area contributed by atoms with Crippen molar-refractivity contribution in [3.8, 4) is 0 Å². The predicted molar refractivity (Wildman–Crippen MR) is 122 cm³/mol. The molecule has 170 valence electrons. The quantitative estimate of drug-likeness (QED) is 0.329. The Labute approximate surface area is 190 Å². The molecule has 0 saturated heterocycles. The van der Waals surface area contributed by atoms with Gasteiger partial charge in [0.05, 0.1) is 27.7 Å². The van der Waals surface area contributed by atoms with Crippen LogP contribution in [0.25, 0.3) is 10.9 Å². The summed E-state index contributed by atoms with van der Waals surface area (Å²) in [6.45, 7) is 0.693. The fraction of sp³-hybridized carbons (Fsp3) is 0.238. The number of aromatic amines is 1. The van der Waals surface area contributed by atoms with Crippen LogP contribution in [0.2, 0.25) is 5.02 Å². The summed E-state index contributed by atoms with van der Waals surface area (Å²) in [6.07, 6.45) is 2.91. The van der Waals surface area contributed by atoms with Crippen molar-refractivity contribution in [2.75, 3.05) is 17.9 Å². The summed E-state index contributed by atoms with van der Waals surface area (Å²) in [5.41, 5.74) is 6.17. The lowest BCUT2D eigenvalue weighted by molar-refractivity contribution is 0.0952. The van der Waals surface area contributed by atoms with Crippen molar-refractivity contribution in [3.63, 3.8) is 0 Å². The molecule has 1 heterocycles. The number of rotatable bonds is 10. The standard InChI is InChI=1S/C21H23ClN4O5S/c22-17-13-25-19-16(17)5-4-6-18(19)26-32(29,30)15-9-7-14(8-10-15)20(27)24-11-2-1-3-12-31-21(23)28/h4-10,13,25-26H,1-3,11-12H2,(H2,23,28)(H,24,27). The number of fused-ring (bicyclic) bond motifs is 1. The van der Waals surface area contributed by atoms with Gasteiger partial charge in [0.1, 0.15) is 0 Å². The number of hydrogen-bond acceptors (Lipinski definition) is 5. The van der Waals surface area contributed by atoms with E-state index in [-0.39, 0.29) is 17.4 Å². The number of nitrogens with two attached hydrogens (primary N) is 1. The maximum absolute atomic E-state index is 12.8. The average molecular weight is 479 g/mol. The molecule has 2 aromatic carbocycles. The number of ether oxygens (including phenoxy) is 1. The summed E-state index contributed by atoms with van der Waals surface area (Å²) >= 11 is 6.09. The van der Waals surface area contributed by atoms with Gasteiger partial charge in [-0.3, -0.25) is 9.52 Å². The zero-order chi connectivity index (χ0) is 23.1. The molecule has 0 atom stereocenters. The van der Waals surface area contributed by atoms with Crippen LogP contribution in [0, 0.1) is 0 Å². The lowest BCUT2D eigenvalue weighted by atomic mass is 10.2. The van der Waals surface area contributed by atoms with Crippen LogP contribution in [0.3, 0.4) is 0 Å². The number of para-hydroxylation sites is 1. The Morgan fingerprint density at radius 3 is 2.53 bits per heavy atom. The Balaban J connectivity index is 1.56. The van der Waals surface area contributed by atoms with E-state index >= 15 is 0 Å². The smallest absolute Gasteiger partial charge is 0.404 e. The number of primary amides is 1. The van der Waals surface area contributed by atoms with E-state index in [0.29, 0.717) is 46.6 Å². The first-order valence-electron chi connectivity index (χ1n) is 9.87. The maximum atomic E-state index is 12.8. The van der Waals surface area contributed by atoms with Crippen LogP contribution in [-0.4, -0.2) is 38.6 Å². The molecule has 2 amide bonds. The summed E-state index contributed by atoms with van der Waals surface area (Å²) in [5.74, 6) is -0.305. The highest BCUT2D eigenvalue weighted by Gasteiger charge is 2.17. The van der Waals surface area contributed by atoms with Crippen LogP contribution in [0.5, 0.6) is 0 Å². The molecule has 0 saturated carbocycles. The normalized spacial score (nSPS) is 11.3. The number of benzene rings is 2. The fourth-order valence-corrected chi connectivity index (χ4v) is 4.36. The lowest BCUT2D eigenvalue weighted by Gasteiger charge is -2.10. The van der Waals surface area contributed by atoms with Crippen LogP contribution < -0.4 is 15.8 Å². The molecule has 1 aromatic heterocycles. The Morgan fingerprint density at radius 1 is 1.06 bits per heavy atom. The van der Waals surface area contributed by atoms with Gasteiger partial charge in [-0.15, -0.1) is 0 Å². The first-order chi connectivity index (χ1) is 15.3. The van der Waals surface area contributed by atoms with Crippen LogP contribution in [-0.2, 0) is 14.8 Å². The summed E-state index contributed by atoms with van der Waals surface area (Å²) in [6, 6.07) is 10.8. The highest BCUT2D eigenvalue weighted by molar-refractivity contribution is 7.92. The number of amides is 2. The van der Waals surface area contributed by atoms with Crippen molar-refractivity contribution in [2.45, 2.75) is 24.2 Å². The number of carbonyl (C=O) groups excluding carboxylic acids is 2. The van der Waals surface area contributed by atoms with Gasteiger partial charge in [-0.1, -0.05) is 23.7 Å². The fourth-order valence-electron chi connectivity index (χ4n) is 3.07. The zero-order valence-corrected chi connectivity index (χ0v) is 18.6. The summed E-state index contributed by atoms with van der Waals surface area (Å²) in [5, 5.41) is 3.97. The van der Waals surface area contributed by atoms with Crippen LogP contribution in [0.15, 0.2) is 53.6 Å². The predicted octanol–water partition coefficient (Wildman–Crippen LogP) is 3.62. The van der Waals surface area contributed by atoms with Gasteiger partial charge in [-0.2, -0.15) is 0 Å². The van der Waals surface area contributed by atoms with E-state index in [2.05, 4.69) is 19.8 Å². The van der Waals surface area contributed by atoms with Gasteiger partial charge in [-0.25, -0.2) is 13.2 Å². The average Bonchev–Trinajstić information content (AvgIpc) is 3.14. The van der Waals surface area contributed by atoms with Crippen molar-refractivity contribution in [1.29, 1.82) is 0 Å². The Morgan fingerprint density at radius 2 is 1.81 bits per heavy atom. The molecule has 5 N–H and O–H groups in total.